The first-order valence-corrected chi connectivity index (χ1v) is 13.6. The maximum atomic E-state index is 13.7. The van der Waals surface area contributed by atoms with Crippen LogP contribution in [0.15, 0.2) is 58.4 Å². The van der Waals surface area contributed by atoms with Crippen LogP contribution in [0.3, 0.4) is 0 Å². The van der Waals surface area contributed by atoms with Crippen molar-refractivity contribution in [1.82, 2.24) is 4.98 Å². The molecule has 0 radical (unpaired) electrons. The Kier molecular flexibility index (Phi) is 4.83. The zero-order valence-corrected chi connectivity index (χ0v) is 20.6. The van der Waals surface area contributed by atoms with Crippen molar-refractivity contribution in [1.29, 1.82) is 0 Å². The van der Waals surface area contributed by atoms with Crippen LogP contribution < -0.4 is 9.77 Å². The smallest absolute Gasteiger partial charge is 0.416 e. The second kappa shape index (κ2) is 7.73. The number of nitrogens with one attached hydrogen (secondary N) is 1. The van der Waals surface area contributed by atoms with Crippen molar-refractivity contribution in [2.75, 3.05) is 4.90 Å². The summed E-state index contributed by atoms with van der Waals surface area (Å²) < 4.78 is 40.0. The molecule has 2 aliphatic carbocycles. The summed E-state index contributed by atoms with van der Waals surface area (Å²) >= 11 is 2.68. The van der Waals surface area contributed by atoms with E-state index in [1.807, 2.05) is 12.1 Å². The van der Waals surface area contributed by atoms with Crippen LogP contribution in [0, 0.1) is 29.6 Å². The molecule has 0 spiro atoms. The van der Waals surface area contributed by atoms with Gasteiger partial charge in [0.2, 0.25) is 11.8 Å². The summed E-state index contributed by atoms with van der Waals surface area (Å²) in [6.07, 6.45) is -3.91. The number of fused-ring (bicyclic) bond motifs is 9. The molecule has 2 aromatic carbocycles. The van der Waals surface area contributed by atoms with Gasteiger partial charge in [0.1, 0.15) is 5.75 Å². The first-order valence-electron chi connectivity index (χ1n) is 11.9. The minimum absolute atomic E-state index is 0.0268. The Bertz CT molecular complexity index is 1510. The highest BCUT2D eigenvalue weighted by molar-refractivity contribution is 8.00. The number of carbonyl (C=O) groups excluding carboxylic acids is 2. The third kappa shape index (κ3) is 3.22. The molecular weight excluding hydrogens is 525 g/mol. The van der Waals surface area contributed by atoms with Gasteiger partial charge < -0.3 is 10.1 Å². The average molecular weight is 545 g/mol. The molecule has 11 heteroatoms. The highest BCUT2D eigenvalue weighted by atomic mass is 32.2. The number of imide groups is 1. The third-order valence-electron chi connectivity index (χ3n) is 8.41. The van der Waals surface area contributed by atoms with Gasteiger partial charge in [-0.15, -0.1) is 11.8 Å². The lowest BCUT2D eigenvalue weighted by Gasteiger charge is -2.43. The first-order chi connectivity index (χ1) is 17.6. The number of amides is 2. The molecule has 2 saturated carbocycles. The highest BCUT2D eigenvalue weighted by Gasteiger charge is 2.69. The number of H-pyrrole nitrogens is 1. The molecule has 2 N–H and O–H groups in total. The molecule has 3 heterocycles. The standard InChI is InChI=1S/C26H19F3N2O4S2/c27-26(28,29)11-2-1-3-12(8-11)31-23(33)18-14-9-15(19(18)24(31)34)20-17(14)16(10-4-6-13(32)7-5-10)21-22(36-20)30-25(35)37-21/h1-8,14-20,32H,9H2,(H,30,35)/t14-,15-,16-,17-,18+,19-,20+/m0/s1. The summed E-state index contributed by atoms with van der Waals surface area (Å²) in [6, 6.07) is 11.2. The van der Waals surface area contributed by atoms with Gasteiger partial charge in [0.15, 0.2) is 0 Å². The Morgan fingerprint density at radius 3 is 2.38 bits per heavy atom. The number of rotatable bonds is 2. The number of hydrogen-bond donors (Lipinski definition) is 2. The minimum atomic E-state index is -4.59. The van der Waals surface area contributed by atoms with Gasteiger partial charge in [0.05, 0.1) is 28.1 Å². The molecule has 4 aliphatic rings. The Balaban J connectivity index is 1.30. The van der Waals surface area contributed by atoms with Crippen LogP contribution in [0.2, 0.25) is 0 Å². The van der Waals surface area contributed by atoms with Gasteiger partial charge in [-0.25, -0.2) is 0 Å². The molecule has 3 aromatic rings. The summed E-state index contributed by atoms with van der Waals surface area (Å²) in [4.78, 5) is 44.2. The van der Waals surface area contributed by atoms with Gasteiger partial charge in [0.25, 0.3) is 0 Å². The summed E-state index contributed by atoms with van der Waals surface area (Å²) in [5.41, 5.74) is -0.0383. The Labute approximate surface area is 216 Å². The lowest BCUT2D eigenvalue weighted by molar-refractivity contribution is -0.137. The van der Waals surface area contributed by atoms with Gasteiger partial charge in [-0.3, -0.25) is 19.3 Å². The van der Waals surface area contributed by atoms with Gasteiger partial charge in [-0.05, 0) is 60.1 Å². The fourth-order valence-corrected chi connectivity index (χ4v) is 10.0. The van der Waals surface area contributed by atoms with Crippen LogP contribution in [0.1, 0.15) is 28.3 Å². The predicted octanol–water partition coefficient (Wildman–Crippen LogP) is 4.84. The molecule has 2 bridgehead atoms. The third-order valence-corrected chi connectivity index (χ3v) is 11.0. The van der Waals surface area contributed by atoms with Crippen molar-refractivity contribution in [3.63, 3.8) is 0 Å². The Morgan fingerprint density at radius 2 is 1.68 bits per heavy atom. The summed E-state index contributed by atoms with van der Waals surface area (Å²) in [7, 11) is 0. The highest BCUT2D eigenvalue weighted by Crippen LogP contribution is 2.68. The monoisotopic (exact) mass is 544 g/mol. The number of halogens is 3. The zero-order chi connectivity index (χ0) is 25.8. The van der Waals surface area contributed by atoms with Gasteiger partial charge in [0, 0.05) is 16.0 Å². The number of phenolic OH excluding ortho intramolecular Hbond substituents is 1. The number of benzene rings is 2. The van der Waals surface area contributed by atoms with Crippen molar-refractivity contribution in [3.8, 4) is 5.75 Å². The van der Waals surface area contributed by atoms with E-state index in [2.05, 4.69) is 4.98 Å². The van der Waals surface area contributed by atoms with Crippen LogP contribution in [0.4, 0.5) is 18.9 Å². The summed E-state index contributed by atoms with van der Waals surface area (Å²) in [5, 5.41) is 10.6. The van der Waals surface area contributed by atoms with Crippen LogP contribution >= 0.6 is 23.1 Å². The minimum Gasteiger partial charge on any atom is -0.508 e. The largest absolute Gasteiger partial charge is 0.508 e. The molecule has 7 atom stereocenters. The molecule has 3 fully saturated rings. The number of thioether (sulfide) groups is 1. The van der Waals surface area contributed by atoms with Crippen LogP contribution in [0.25, 0.3) is 0 Å². The van der Waals surface area contributed by atoms with E-state index in [1.165, 1.54) is 12.1 Å². The lowest BCUT2D eigenvalue weighted by Crippen LogP contribution is -2.42. The van der Waals surface area contributed by atoms with Crippen molar-refractivity contribution in [2.45, 2.75) is 28.8 Å². The average Bonchev–Trinajstić information content (AvgIpc) is 3.58. The molecule has 1 saturated heterocycles. The van der Waals surface area contributed by atoms with Crippen molar-refractivity contribution < 1.29 is 27.9 Å². The second-order valence-corrected chi connectivity index (χ2v) is 12.3. The van der Waals surface area contributed by atoms with Crippen molar-refractivity contribution in [3.05, 3.63) is 74.2 Å². The molecule has 2 amide bonds. The molecule has 37 heavy (non-hydrogen) atoms. The van der Waals surface area contributed by atoms with E-state index in [4.69, 9.17) is 0 Å². The van der Waals surface area contributed by atoms with Crippen LogP contribution in [0.5, 0.6) is 5.75 Å². The Morgan fingerprint density at radius 1 is 0.973 bits per heavy atom. The number of alkyl halides is 3. The lowest BCUT2D eigenvalue weighted by atomic mass is 9.68. The van der Waals surface area contributed by atoms with Crippen LogP contribution in [-0.2, 0) is 15.8 Å². The fraction of sp³-hybridized carbons (Fsp3) is 0.346. The van der Waals surface area contributed by atoms with E-state index in [0.717, 1.165) is 43.8 Å². The summed E-state index contributed by atoms with van der Waals surface area (Å²) in [6.45, 7) is 0. The van der Waals surface area contributed by atoms with E-state index in [1.54, 1.807) is 23.9 Å². The van der Waals surface area contributed by atoms with E-state index < -0.39 is 35.4 Å². The van der Waals surface area contributed by atoms with Crippen molar-refractivity contribution >= 4 is 40.6 Å². The van der Waals surface area contributed by atoms with Crippen LogP contribution in [-0.4, -0.2) is 27.2 Å². The molecule has 6 nitrogen and oxygen atoms in total. The molecule has 190 valence electrons. The maximum absolute atomic E-state index is 13.7. The van der Waals surface area contributed by atoms with Gasteiger partial charge in [-0.2, -0.15) is 13.2 Å². The number of thiazole rings is 1. The van der Waals surface area contributed by atoms with Gasteiger partial charge >= 0.3 is 11.0 Å². The van der Waals surface area contributed by atoms with Gasteiger partial charge in [-0.1, -0.05) is 29.5 Å². The van der Waals surface area contributed by atoms with E-state index in [9.17, 15) is 32.7 Å². The zero-order valence-electron chi connectivity index (χ0n) is 18.9. The molecule has 7 rings (SSSR count). The number of anilines is 1. The van der Waals surface area contributed by atoms with E-state index in [0.29, 0.717) is 6.42 Å². The van der Waals surface area contributed by atoms with E-state index in [-0.39, 0.29) is 45.2 Å². The topological polar surface area (TPSA) is 90.5 Å². The Hall–Kier alpha value is -3.05. The molecule has 0 unspecified atom stereocenters. The number of aromatic amines is 1. The SMILES string of the molecule is O=C1[C@@H]2[C@H]3C[C@H]([C@H]4Sc5[nH]c(=O)sc5[C@@H](c5ccc(O)cc5)[C@H]34)[C@@H]2C(=O)N1c1cccc(C(F)(F)F)c1. The molecule has 2 aliphatic heterocycles. The normalized spacial score (nSPS) is 32.0. The predicted molar refractivity (Wildman–Crippen MR) is 131 cm³/mol. The van der Waals surface area contributed by atoms with Crippen molar-refractivity contribution in [2.24, 2.45) is 29.6 Å². The maximum Gasteiger partial charge on any atom is 0.416 e. The molecule has 1 aromatic heterocycles. The second-order valence-electron chi connectivity index (χ2n) is 10.1. The number of aromatic nitrogens is 1. The number of carbonyl (C=O) groups is 2. The number of hydrogen-bond acceptors (Lipinski definition) is 6. The number of nitrogens with zero attached hydrogens (tertiary/aromatic N) is 1. The fourth-order valence-electron chi connectivity index (χ4n) is 7.15. The number of aromatic hydroxyl groups is 1. The quantitative estimate of drug-likeness (QED) is 0.451. The molecular formula is C26H19F3N2O4S2. The summed E-state index contributed by atoms with van der Waals surface area (Å²) in [5.74, 6) is -2.45. The van der Waals surface area contributed by atoms with E-state index >= 15 is 0 Å². The number of phenols is 1. The first kappa shape index (κ1) is 23.1.